The molecule has 0 bridgehead atoms. The van der Waals surface area contributed by atoms with Gasteiger partial charge in [-0.2, -0.15) is 4.98 Å². The minimum Gasteiger partial charge on any atom is -0.397 e. The zero-order valence-corrected chi connectivity index (χ0v) is 8.97. The second kappa shape index (κ2) is 3.04. The van der Waals surface area contributed by atoms with Gasteiger partial charge >= 0.3 is 0 Å². The molecule has 0 unspecified atom stereocenters. The van der Waals surface area contributed by atoms with Gasteiger partial charge in [0.05, 0.1) is 5.69 Å². The third-order valence-corrected chi connectivity index (χ3v) is 3.01. The van der Waals surface area contributed by atoms with Crippen molar-refractivity contribution in [2.45, 2.75) is 25.2 Å². The molecule has 0 atom stereocenters. The fraction of sp³-hybridized carbons (Fsp3) is 0.364. The third kappa shape index (κ3) is 1.36. The lowest BCUT2D eigenvalue weighted by Gasteiger charge is -1.98. The molecule has 1 aliphatic carbocycles. The molecule has 0 aromatic carbocycles. The number of nitrogens with zero attached hydrogens (tertiary/aromatic N) is 3. The van der Waals surface area contributed by atoms with Gasteiger partial charge in [0, 0.05) is 11.6 Å². The Morgan fingerprint density at radius 3 is 2.94 bits per heavy atom. The Labute approximate surface area is 92.7 Å². The summed E-state index contributed by atoms with van der Waals surface area (Å²) in [5.41, 5.74) is 7.01. The first kappa shape index (κ1) is 9.33. The molecular formula is C11H12N4O. The van der Waals surface area contributed by atoms with E-state index in [1.807, 2.05) is 0 Å². The van der Waals surface area contributed by atoms with Crippen molar-refractivity contribution in [3.8, 4) is 11.6 Å². The summed E-state index contributed by atoms with van der Waals surface area (Å²) < 4.78 is 5.19. The minimum absolute atomic E-state index is 0.102. The molecule has 1 fully saturated rings. The average molecular weight is 216 g/mol. The van der Waals surface area contributed by atoms with Crippen LogP contribution in [0.3, 0.4) is 0 Å². The van der Waals surface area contributed by atoms with Gasteiger partial charge in [-0.25, -0.2) is 4.98 Å². The number of pyridine rings is 1. The molecule has 16 heavy (non-hydrogen) atoms. The van der Waals surface area contributed by atoms with Gasteiger partial charge in [0.25, 0.3) is 5.89 Å². The molecule has 2 heterocycles. The van der Waals surface area contributed by atoms with Crippen molar-refractivity contribution < 1.29 is 4.52 Å². The largest absolute Gasteiger partial charge is 0.397 e. The van der Waals surface area contributed by atoms with Gasteiger partial charge in [0.15, 0.2) is 11.5 Å². The lowest BCUT2D eigenvalue weighted by Crippen LogP contribution is -2.02. The smallest absolute Gasteiger partial charge is 0.278 e. The quantitative estimate of drug-likeness (QED) is 0.827. The second-order valence-electron chi connectivity index (χ2n) is 4.43. The fourth-order valence-corrected chi connectivity index (χ4v) is 1.57. The number of rotatable bonds is 2. The van der Waals surface area contributed by atoms with Crippen LogP contribution in [0.2, 0.25) is 0 Å². The first-order valence-electron chi connectivity index (χ1n) is 5.24. The highest BCUT2D eigenvalue weighted by molar-refractivity contribution is 5.65. The summed E-state index contributed by atoms with van der Waals surface area (Å²) in [6.45, 7) is 2.13. The average Bonchev–Trinajstić information content (AvgIpc) is 2.84. The Bertz CT molecular complexity index is 530. The van der Waals surface area contributed by atoms with Crippen molar-refractivity contribution in [2.75, 3.05) is 5.73 Å². The van der Waals surface area contributed by atoms with Crippen LogP contribution in [-0.2, 0) is 5.41 Å². The summed E-state index contributed by atoms with van der Waals surface area (Å²) in [6.07, 6.45) is 3.89. The number of aromatic nitrogens is 3. The summed E-state index contributed by atoms with van der Waals surface area (Å²) in [4.78, 5) is 8.50. The topological polar surface area (TPSA) is 77.8 Å². The maximum Gasteiger partial charge on any atom is 0.278 e. The van der Waals surface area contributed by atoms with Crippen LogP contribution in [0, 0.1) is 0 Å². The van der Waals surface area contributed by atoms with Gasteiger partial charge in [0.2, 0.25) is 0 Å². The van der Waals surface area contributed by atoms with E-state index in [4.69, 9.17) is 10.3 Å². The Balaban J connectivity index is 2.02. The molecule has 3 rings (SSSR count). The van der Waals surface area contributed by atoms with Gasteiger partial charge in [-0.1, -0.05) is 12.1 Å². The molecule has 0 amide bonds. The van der Waals surface area contributed by atoms with Gasteiger partial charge in [-0.05, 0) is 25.0 Å². The van der Waals surface area contributed by atoms with E-state index >= 15 is 0 Å². The predicted octanol–water partition coefficient (Wildman–Crippen LogP) is 1.77. The van der Waals surface area contributed by atoms with E-state index in [1.54, 1.807) is 18.3 Å². The van der Waals surface area contributed by atoms with Gasteiger partial charge in [-0.15, -0.1) is 0 Å². The molecule has 82 valence electrons. The van der Waals surface area contributed by atoms with Crippen molar-refractivity contribution in [1.29, 1.82) is 0 Å². The van der Waals surface area contributed by atoms with Gasteiger partial charge in [-0.3, -0.25) is 0 Å². The number of hydrogen-bond donors (Lipinski definition) is 1. The highest BCUT2D eigenvalue weighted by Crippen LogP contribution is 2.46. The van der Waals surface area contributed by atoms with Crippen molar-refractivity contribution in [3.05, 3.63) is 24.2 Å². The lowest BCUT2D eigenvalue weighted by molar-refractivity contribution is 0.415. The molecule has 0 saturated heterocycles. The molecule has 0 aliphatic heterocycles. The van der Waals surface area contributed by atoms with Crippen LogP contribution in [0.1, 0.15) is 25.6 Å². The maximum atomic E-state index is 5.80. The number of nitrogens with two attached hydrogens (primary N) is 1. The Hall–Kier alpha value is -1.91. The fourth-order valence-electron chi connectivity index (χ4n) is 1.57. The summed E-state index contributed by atoms with van der Waals surface area (Å²) in [5, 5.41) is 3.99. The van der Waals surface area contributed by atoms with Crippen molar-refractivity contribution in [3.63, 3.8) is 0 Å². The first-order valence-corrected chi connectivity index (χ1v) is 5.24. The first-order chi connectivity index (χ1) is 7.69. The number of hydrogen-bond acceptors (Lipinski definition) is 5. The van der Waals surface area contributed by atoms with E-state index in [2.05, 4.69) is 22.0 Å². The summed E-state index contributed by atoms with van der Waals surface area (Å²) in [5.74, 6) is 1.16. The third-order valence-electron chi connectivity index (χ3n) is 3.01. The molecule has 2 N–H and O–H groups in total. The lowest BCUT2D eigenvalue weighted by atomic mass is 10.1. The van der Waals surface area contributed by atoms with Crippen molar-refractivity contribution in [1.82, 2.24) is 15.1 Å². The molecule has 1 aliphatic rings. The summed E-state index contributed by atoms with van der Waals surface area (Å²) in [7, 11) is 0. The molecular weight excluding hydrogens is 204 g/mol. The van der Waals surface area contributed by atoms with Crippen LogP contribution >= 0.6 is 0 Å². The monoisotopic (exact) mass is 216 g/mol. The highest BCUT2D eigenvalue weighted by atomic mass is 16.5. The zero-order chi connectivity index (χ0) is 11.2. The van der Waals surface area contributed by atoms with Crippen LogP contribution in [0.5, 0.6) is 0 Å². The van der Waals surface area contributed by atoms with Gasteiger partial charge < -0.3 is 10.3 Å². The Morgan fingerprint density at radius 1 is 1.44 bits per heavy atom. The number of anilines is 1. The van der Waals surface area contributed by atoms with Crippen molar-refractivity contribution >= 4 is 5.69 Å². The van der Waals surface area contributed by atoms with Crippen LogP contribution in [0.25, 0.3) is 11.6 Å². The van der Waals surface area contributed by atoms with E-state index < -0.39 is 0 Å². The van der Waals surface area contributed by atoms with Gasteiger partial charge in [0.1, 0.15) is 0 Å². The molecule has 2 aromatic heterocycles. The van der Waals surface area contributed by atoms with Crippen LogP contribution in [0.15, 0.2) is 22.9 Å². The predicted molar refractivity (Wildman–Crippen MR) is 58.5 cm³/mol. The maximum absolute atomic E-state index is 5.80. The number of nitrogen functional groups attached to an aromatic ring is 1. The SMILES string of the molecule is CC1(c2noc(-c3ncccc3N)n2)CC1. The summed E-state index contributed by atoms with van der Waals surface area (Å²) >= 11 is 0. The minimum atomic E-state index is 0.102. The normalized spacial score (nSPS) is 17.3. The molecule has 5 heteroatoms. The van der Waals surface area contributed by atoms with E-state index in [0.29, 0.717) is 17.3 Å². The molecule has 2 aromatic rings. The van der Waals surface area contributed by atoms with Crippen LogP contribution in [-0.4, -0.2) is 15.1 Å². The van der Waals surface area contributed by atoms with E-state index in [-0.39, 0.29) is 5.41 Å². The second-order valence-corrected chi connectivity index (χ2v) is 4.43. The molecule has 0 spiro atoms. The van der Waals surface area contributed by atoms with E-state index in [1.165, 1.54) is 0 Å². The van der Waals surface area contributed by atoms with Crippen LogP contribution < -0.4 is 5.73 Å². The van der Waals surface area contributed by atoms with E-state index in [9.17, 15) is 0 Å². The highest BCUT2D eigenvalue weighted by Gasteiger charge is 2.43. The molecule has 5 nitrogen and oxygen atoms in total. The molecule has 0 radical (unpaired) electrons. The Morgan fingerprint density at radius 2 is 2.25 bits per heavy atom. The van der Waals surface area contributed by atoms with Crippen LogP contribution in [0.4, 0.5) is 5.69 Å². The zero-order valence-electron chi connectivity index (χ0n) is 8.97. The van der Waals surface area contributed by atoms with E-state index in [0.717, 1.165) is 18.7 Å². The Kier molecular flexibility index (Phi) is 1.77. The molecule has 1 saturated carbocycles. The standard InChI is InChI=1S/C11H12N4O/c1-11(4-5-11)10-14-9(16-15-10)8-7(12)3-2-6-13-8/h2-3,6H,4-5,12H2,1H3. The van der Waals surface area contributed by atoms with Crippen molar-refractivity contribution in [2.24, 2.45) is 0 Å². The summed E-state index contributed by atoms with van der Waals surface area (Å²) in [6, 6.07) is 3.55.